The molecule has 1 amide bonds. The summed E-state index contributed by atoms with van der Waals surface area (Å²) in [5.41, 5.74) is 10.1. The summed E-state index contributed by atoms with van der Waals surface area (Å²) >= 11 is 0. The van der Waals surface area contributed by atoms with Crippen molar-refractivity contribution in [3.63, 3.8) is 0 Å². The monoisotopic (exact) mass is 234 g/mol. The molecular weight excluding hydrogens is 212 g/mol. The summed E-state index contributed by atoms with van der Waals surface area (Å²) in [6, 6.07) is 3.71. The van der Waals surface area contributed by atoms with Gasteiger partial charge in [0.05, 0.1) is 6.04 Å². The van der Waals surface area contributed by atoms with Gasteiger partial charge in [-0.2, -0.15) is 0 Å². The van der Waals surface area contributed by atoms with Crippen molar-refractivity contribution in [2.24, 2.45) is 5.73 Å². The molecule has 0 aliphatic heterocycles. The Morgan fingerprint density at radius 3 is 2.29 bits per heavy atom. The number of nitrogens with two attached hydrogens (primary N) is 1. The smallest absolute Gasteiger partial charge is 0.241 e. The fourth-order valence-corrected chi connectivity index (χ4v) is 2.04. The van der Waals surface area contributed by atoms with Crippen LogP contribution in [0.4, 0.5) is 5.69 Å². The van der Waals surface area contributed by atoms with Gasteiger partial charge in [-0.25, -0.2) is 0 Å². The zero-order valence-corrected chi connectivity index (χ0v) is 11.1. The van der Waals surface area contributed by atoms with Gasteiger partial charge in [0.15, 0.2) is 0 Å². The van der Waals surface area contributed by atoms with Gasteiger partial charge in [0.2, 0.25) is 5.91 Å². The molecule has 1 aromatic rings. The number of carbonyl (C=O) groups excluding carboxylic acids is 1. The first kappa shape index (κ1) is 13.7. The normalized spacial score (nSPS) is 12.3. The van der Waals surface area contributed by atoms with E-state index in [1.54, 1.807) is 0 Å². The van der Waals surface area contributed by atoms with Crippen LogP contribution in [0, 0.1) is 20.8 Å². The molecule has 0 unspecified atom stereocenters. The van der Waals surface area contributed by atoms with Crippen molar-refractivity contribution in [2.75, 3.05) is 5.32 Å². The van der Waals surface area contributed by atoms with Crippen LogP contribution in [0.1, 0.15) is 36.5 Å². The largest absolute Gasteiger partial charge is 0.324 e. The highest BCUT2D eigenvalue weighted by Crippen LogP contribution is 2.22. The Balaban J connectivity index is 2.85. The molecule has 0 saturated carbocycles. The molecule has 0 fully saturated rings. The molecule has 0 bridgehead atoms. The second-order valence-corrected chi connectivity index (χ2v) is 4.66. The molecule has 0 aliphatic rings. The summed E-state index contributed by atoms with van der Waals surface area (Å²) in [6.45, 7) is 8.08. The minimum Gasteiger partial charge on any atom is -0.324 e. The minimum absolute atomic E-state index is 0.0955. The van der Waals surface area contributed by atoms with Crippen LogP contribution in [-0.4, -0.2) is 11.9 Å². The van der Waals surface area contributed by atoms with E-state index < -0.39 is 6.04 Å². The topological polar surface area (TPSA) is 55.1 Å². The zero-order chi connectivity index (χ0) is 13.0. The maximum atomic E-state index is 11.9. The van der Waals surface area contributed by atoms with E-state index in [1.165, 1.54) is 5.56 Å². The third-order valence-electron chi connectivity index (χ3n) is 2.86. The van der Waals surface area contributed by atoms with Crippen molar-refractivity contribution in [1.82, 2.24) is 0 Å². The lowest BCUT2D eigenvalue weighted by Crippen LogP contribution is -2.35. The van der Waals surface area contributed by atoms with Crippen LogP contribution < -0.4 is 11.1 Å². The maximum Gasteiger partial charge on any atom is 0.241 e. The highest BCUT2D eigenvalue weighted by atomic mass is 16.2. The number of hydrogen-bond acceptors (Lipinski definition) is 2. The molecule has 0 radical (unpaired) electrons. The van der Waals surface area contributed by atoms with Crippen LogP contribution in [0.5, 0.6) is 0 Å². The van der Waals surface area contributed by atoms with Gasteiger partial charge in [-0.3, -0.25) is 4.79 Å². The highest BCUT2D eigenvalue weighted by Gasteiger charge is 2.14. The van der Waals surface area contributed by atoms with E-state index in [4.69, 9.17) is 5.73 Å². The van der Waals surface area contributed by atoms with Gasteiger partial charge >= 0.3 is 0 Å². The number of benzene rings is 1. The molecule has 94 valence electrons. The van der Waals surface area contributed by atoms with Crippen molar-refractivity contribution in [1.29, 1.82) is 0 Å². The second kappa shape index (κ2) is 5.82. The lowest BCUT2D eigenvalue weighted by molar-refractivity contribution is -0.117. The summed E-state index contributed by atoms with van der Waals surface area (Å²) in [4.78, 5) is 11.9. The summed E-state index contributed by atoms with van der Waals surface area (Å²) in [5.74, 6) is -0.0955. The molecule has 0 spiro atoms. The Labute approximate surface area is 103 Å². The Bertz CT molecular complexity index is 390. The first-order chi connectivity index (χ1) is 7.95. The Morgan fingerprint density at radius 2 is 1.82 bits per heavy atom. The molecule has 3 N–H and O–H groups in total. The third-order valence-corrected chi connectivity index (χ3v) is 2.86. The van der Waals surface area contributed by atoms with Gasteiger partial charge in [-0.15, -0.1) is 0 Å². The molecule has 0 heterocycles. The average Bonchev–Trinajstić information content (AvgIpc) is 2.23. The molecule has 0 aromatic heterocycles. The number of aryl methyl sites for hydroxylation is 3. The second-order valence-electron chi connectivity index (χ2n) is 4.66. The number of amides is 1. The Kier molecular flexibility index (Phi) is 4.70. The molecular formula is C14H22N2O. The summed E-state index contributed by atoms with van der Waals surface area (Å²) in [6.07, 6.45) is 1.64. The standard InChI is InChI=1S/C14H22N2O/c1-5-6-12(15)14(17)16-13-10(3)7-9(2)8-11(13)4/h7-8,12H,5-6,15H2,1-4H3,(H,16,17)/t12-/m0/s1. The van der Waals surface area contributed by atoms with Gasteiger partial charge < -0.3 is 11.1 Å². The molecule has 3 heteroatoms. The van der Waals surface area contributed by atoms with E-state index in [9.17, 15) is 4.79 Å². The van der Waals surface area contributed by atoms with Crippen molar-refractivity contribution >= 4 is 11.6 Å². The van der Waals surface area contributed by atoms with E-state index >= 15 is 0 Å². The van der Waals surface area contributed by atoms with Crippen LogP contribution >= 0.6 is 0 Å². The van der Waals surface area contributed by atoms with E-state index in [-0.39, 0.29) is 5.91 Å². The van der Waals surface area contributed by atoms with Crippen LogP contribution in [-0.2, 0) is 4.79 Å². The lowest BCUT2D eigenvalue weighted by atomic mass is 10.0. The first-order valence-electron chi connectivity index (χ1n) is 6.10. The maximum absolute atomic E-state index is 11.9. The predicted molar refractivity (Wildman–Crippen MR) is 72.2 cm³/mol. The van der Waals surface area contributed by atoms with Crippen molar-refractivity contribution < 1.29 is 4.79 Å². The summed E-state index contributed by atoms with van der Waals surface area (Å²) in [7, 11) is 0. The molecule has 17 heavy (non-hydrogen) atoms. The van der Waals surface area contributed by atoms with Crippen LogP contribution in [0.15, 0.2) is 12.1 Å². The van der Waals surface area contributed by atoms with Gasteiger partial charge in [-0.05, 0) is 38.3 Å². The SMILES string of the molecule is CCC[C@H](N)C(=O)Nc1c(C)cc(C)cc1C. The van der Waals surface area contributed by atoms with Gasteiger partial charge in [-0.1, -0.05) is 31.0 Å². The number of nitrogens with one attached hydrogen (secondary N) is 1. The number of carbonyl (C=O) groups is 1. The number of rotatable bonds is 4. The van der Waals surface area contributed by atoms with E-state index in [2.05, 4.69) is 24.4 Å². The molecule has 1 atom stereocenters. The summed E-state index contributed by atoms with van der Waals surface area (Å²) < 4.78 is 0. The Hall–Kier alpha value is -1.35. The molecule has 0 aliphatic carbocycles. The molecule has 0 saturated heterocycles. The van der Waals surface area contributed by atoms with Gasteiger partial charge in [0, 0.05) is 5.69 Å². The fraction of sp³-hybridized carbons (Fsp3) is 0.500. The van der Waals surface area contributed by atoms with Gasteiger partial charge in [0.25, 0.3) is 0 Å². The first-order valence-corrected chi connectivity index (χ1v) is 6.10. The molecule has 1 rings (SSSR count). The predicted octanol–water partition coefficient (Wildman–Crippen LogP) is 2.68. The zero-order valence-electron chi connectivity index (χ0n) is 11.1. The highest BCUT2D eigenvalue weighted by molar-refractivity contribution is 5.96. The molecule has 1 aromatic carbocycles. The van der Waals surface area contributed by atoms with E-state index in [0.29, 0.717) is 0 Å². The van der Waals surface area contributed by atoms with E-state index in [1.807, 2.05) is 20.8 Å². The molecule has 3 nitrogen and oxygen atoms in total. The third kappa shape index (κ3) is 3.56. The Morgan fingerprint density at radius 1 is 1.29 bits per heavy atom. The van der Waals surface area contributed by atoms with Crippen LogP contribution in [0.2, 0.25) is 0 Å². The van der Waals surface area contributed by atoms with Crippen LogP contribution in [0.3, 0.4) is 0 Å². The number of anilines is 1. The lowest BCUT2D eigenvalue weighted by Gasteiger charge is -2.15. The van der Waals surface area contributed by atoms with Gasteiger partial charge in [0.1, 0.15) is 0 Å². The minimum atomic E-state index is -0.417. The summed E-state index contributed by atoms with van der Waals surface area (Å²) in [5, 5.41) is 2.93. The number of hydrogen-bond donors (Lipinski definition) is 2. The van der Waals surface area contributed by atoms with E-state index in [0.717, 1.165) is 29.7 Å². The van der Waals surface area contributed by atoms with Crippen molar-refractivity contribution in [3.05, 3.63) is 28.8 Å². The fourth-order valence-electron chi connectivity index (χ4n) is 2.04. The van der Waals surface area contributed by atoms with Crippen LogP contribution in [0.25, 0.3) is 0 Å². The van der Waals surface area contributed by atoms with Crippen molar-refractivity contribution in [2.45, 2.75) is 46.6 Å². The average molecular weight is 234 g/mol. The van der Waals surface area contributed by atoms with Crippen molar-refractivity contribution in [3.8, 4) is 0 Å². The quantitative estimate of drug-likeness (QED) is 0.841.